The summed E-state index contributed by atoms with van der Waals surface area (Å²) < 4.78 is 10.8. The number of carbonyl (C=O) groups is 1. The number of alkyl carbamates (subject to hydrolysis) is 1. The predicted molar refractivity (Wildman–Crippen MR) is 88.3 cm³/mol. The van der Waals surface area contributed by atoms with E-state index in [4.69, 9.17) is 9.15 Å². The van der Waals surface area contributed by atoms with Crippen LogP contribution in [0.15, 0.2) is 10.8 Å². The summed E-state index contributed by atoms with van der Waals surface area (Å²) in [5.41, 5.74) is 0.573. The summed E-state index contributed by atoms with van der Waals surface area (Å²) >= 11 is 0. The maximum absolute atomic E-state index is 11.8. The van der Waals surface area contributed by atoms with E-state index >= 15 is 0 Å². The van der Waals surface area contributed by atoms with Crippen LogP contribution in [-0.2, 0) is 11.3 Å². The number of amides is 1. The van der Waals surface area contributed by atoms with Gasteiger partial charge in [-0.05, 0) is 33.6 Å². The van der Waals surface area contributed by atoms with Crippen LogP contribution in [0.5, 0.6) is 0 Å². The molecule has 1 aromatic rings. The van der Waals surface area contributed by atoms with Gasteiger partial charge in [-0.2, -0.15) is 0 Å². The Morgan fingerprint density at radius 2 is 2.09 bits per heavy atom. The molecule has 1 aliphatic heterocycles. The third kappa shape index (κ3) is 5.53. The molecule has 0 spiro atoms. The molecule has 0 radical (unpaired) electrons. The van der Waals surface area contributed by atoms with Crippen LogP contribution in [0.2, 0.25) is 0 Å². The summed E-state index contributed by atoms with van der Waals surface area (Å²) in [4.78, 5) is 18.5. The Morgan fingerprint density at radius 1 is 1.43 bits per heavy atom. The van der Waals surface area contributed by atoms with Crippen LogP contribution in [0.1, 0.15) is 64.8 Å². The smallest absolute Gasteiger partial charge is 0.407 e. The molecule has 23 heavy (non-hydrogen) atoms. The Morgan fingerprint density at radius 3 is 2.65 bits per heavy atom. The molecule has 1 aliphatic rings. The molecule has 0 bridgehead atoms. The van der Waals surface area contributed by atoms with Crippen LogP contribution >= 0.6 is 0 Å². The van der Waals surface area contributed by atoms with Gasteiger partial charge in [0.05, 0.1) is 5.69 Å². The summed E-state index contributed by atoms with van der Waals surface area (Å²) in [5, 5.41) is 2.96. The third-order valence-electron chi connectivity index (χ3n) is 3.88. The standard InChI is InChI=1S/C17H29N3O3/c1-12(2)15-14(18-11-22-15)10-20-8-6-13(7-9-20)19-16(21)23-17(3,4)5/h11-13H,6-10H2,1-5H3,(H,19,21). The second-order valence-electron chi connectivity index (χ2n) is 7.51. The van der Waals surface area contributed by atoms with Crippen molar-refractivity contribution >= 4 is 6.09 Å². The van der Waals surface area contributed by atoms with Crippen LogP contribution in [0.4, 0.5) is 4.79 Å². The molecular formula is C17H29N3O3. The Bertz CT molecular complexity index is 511. The molecule has 0 aliphatic carbocycles. The first-order valence-corrected chi connectivity index (χ1v) is 8.38. The lowest BCUT2D eigenvalue weighted by atomic mass is 10.0. The SMILES string of the molecule is CC(C)c1ocnc1CN1CCC(NC(=O)OC(C)(C)C)CC1. The van der Waals surface area contributed by atoms with Crippen LogP contribution in [0.25, 0.3) is 0 Å². The molecule has 2 rings (SSSR count). The van der Waals surface area contributed by atoms with E-state index in [1.165, 1.54) is 6.39 Å². The fourth-order valence-corrected chi connectivity index (χ4v) is 2.79. The summed E-state index contributed by atoms with van der Waals surface area (Å²) in [6.07, 6.45) is 3.05. The van der Waals surface area contributed by atoms with E-state index in [1.807, 2.05) is 20.8 Å². The monoisotopic (exact) mass is 323 g/mol. The molecular weight excluding hydrogens is 294 g/mol. The highest BCUT2D eigenvalue weighted by Crippen LogP contribution is 2.21. The molecule has 1 N–H and O–H groups in total. The molecule has 1 amide bonds. The number of rotatable bonds is 4. The average Bonchev–Trinajstić information content (AvgIpc) is 2.87. The molecule has 1 aromatic heterocycles. The summed E-state index contributed by atoms with van der Waals surface area (Å²) in [6, 6.07) is 0.183. The quantitative estimate of drug-likeness (QED) is 0.921. The number of nitrogens with one attached hydrogen (secondary N) is 1. The van der Waals surface area contributed by atoms with Crippen molar-refractivity contribution in [2.45, 2.75) is 71.6 Å². The van der Waals surface area contributed by atoms with Crippen molar-refractivity contribution in [2.75, 3.05) is 13.1 Å². The highest BCUT2D eigenvalue weighted by molar-refractivity contribution is 5.68. The van der Waals surface area contributed by atoms with Crippen molar-refractivity contribution in [3.05, 3.63) is 17.8 Å². The van der Waals surface area contributed by atoms with Crippen molar-refractivity contribution in [3.63, 3.8) is 0 Å². The third-order valence-corrected chi connectivity index (χ3v) is 3.88. The van der Waals surface area contributed by atoms with E-state index in [0.717, 1.165) is 43.9 Å². The molecule has 0 saturated carbocycles. The lowest BCUT2D eigenvalue weighted by Gasteiger charge is -2.32. The van der Waals surface area contributed by atoms with Gasteiger partial charge < -0.3 is 14.5 Å². The van der Waals surface area contributed by atoms with Crippen LogP contribution in [0, 0.1) is 0 Å². The molecule has 0 atom stereocenters. The summed E-state index contributed by atoms with van der Waals surface area (Å²) in [5.74, 6) is 1.32. The van der Waals surface area contributed by atoms with Crippen molar-refractivity contribution < 1.29 is 13.9 Å². The van der Waals surface area contributed by atoms with E-state index < -0.39 is 5.60 Å². The maximum Gasteiger partial charge on any atom is 0.407 e. The number of oxazole rings is 1. The van der Waals surface area contributed by atoms with Crippen molar-refractivity contribution in [2.24, 2.45) is 0 Å². The number of ether oxygens (including phenoxy) is 1. The minimum Gasteiger partial charge on any atom is -0.448 e. The average molecular weight is 323 g/mol. The normalized spacial score (nSPS) is 17.5. The van der Waals surface area contributed by atoms with Crippen molar-refractivity contribution in [1.82, 2.24) is 15.2 Å². The zero-order chi connectivity index (χ0) is 17.0. The summed E-state index contributed by atoms with van der Waals surface area (Å²) in [7, 11) is 0. The molecule has 1 fully saturated rings. The van der Waals surface area contributed by atoms with E-state index in [0.29, 0.717) is 5.92 Å². The van der Waals surface area contributed by atoms with Crippen LogP contribution in [0.3, 0.4) is 0 Å². The van der Waals surface area contributed by atoms with E-state index in [-0.39, 0.29) is 12.1 Å². The van der Waals surface area contributed by atoms with Gasteiger partial charge in [-0.25, -0.2) is 9.78 Å². The summed E-state index contributed by atoms with van der Waals surface area (Å²) in [6.45, 7) is 12.5. The van der Waals surface area contributed by atoms with Gasteiger partial charge in [-0.3, -0.25) is 4.90 Å². The first-order chi connectivity index (χ1) is 10.7. The van der Waals surface area contributed by atoms with Gasteiger partial charge in [-0.1, -0.05) is 13.8 Å². The largest absolute Gasteiger partial charge is 0.448 e. The number of aromatic nitrogens is 1. The number of nitrogens with zero attached hydrogens (tertiary/aromatic N) is 2. The minimum absolute atomic E-state index is 0.183. The van der Waals surface area contributed by atoms with Crippen molar-refractivity contribution in [1.29, 1.82) is 0 Å². The van der Waals surface area contributed by atoms with E-state index in [1.54, 1.807) is 0 Å². The number of hydrogen-bond donors (Lipinski definition) is 1. The maximum atomic E-state index is 11.8. The fraction of sp³-hybridized carbons (Fsp3) is 0.765. The number of hydrogen-bond acceptors (Lipinski definition) is 5. The number of likely N-dealkylation sites (tertiary alicyclic amines) is 1. The molecule has 6 nitrogen and oxygen atoms in total. The van der Waals surface area contributed by atoms with Crippen LogP contribution in [-0.4, -0.2) is 40.7 Å². The van der Waals surface area contributed by atoms with Gasteiger partial charge >= 0.3 is 6.09 Å². The molecule has 0 aromatic carbocycles. The molecule has 6 heteroatoms. The molecule has 1 saturated heterocycles. The zero-order valence-corrected chi connectivity index (χ0v) is 14.9. The number of piperidine rings is 1. The predicted octanol–water partition coefficient (Wildman–Crippen LogP) is 3.29. The second-order valence-corrected chi connectivity index (χ2v) is 7.51. The molecule has 0 unspecified atom stereocenters. The van der Waals surface area contributed by atoms with Gasteiger partial charge in [0.2, 0.25) is 0 Å². The Kier molecular flexibility index (Phi) is 5.68. The minimum atomic E-state index is -0.453. The first-order valence-electron chi connectivity index (χ1n) is 8.38. The lowest BCUT2D eigenvalue weighted by molar-refractivity contribution is 0.0477. The Balaban J connectivity index is 1.78. The topological polar surface area (TPSA) is 67.6 Å². The van der Waals surface area contributed by atoms with E-state index in [9.17, 15) is 4.79 Å². The lowest BCUT2D eigenvalue weighted by Crippen LogP contribution is -2.45. The Labute approximate surface area is 138 Å². The van der Waals surface area contributed by atoms with Crippen LogP contribution < -0.4 is 5.32 Å². The zero-order valence-electron chi connectivity index (χ0n) is 14.9. The van der Waals surface area contributed by atoms with Gasteiger partial charge in [0.15, 0.2) is 6.39 Å². The van der Waals surface area contributed by atoms with Gasteiger partial charge in [0.1, 0.15) is 11.4 Å². The van der Waals surface area contributed by atoms with Gasteiger partial charge in [0.25, 0.3) is 0 Å². The van der Waals surface area contributed by atoms with Gasteiger partial charge in [0, 0.05) is 31.6 Å². The fourth-order valence-electron chi connectivity index (χ4n) is 2.79. The highest BCUT2D eigenvalue weighted by atomic mass is 16.6. The Hall–Kier alpha value is -1.56. The highest BCUT2D eigenvalue weighted by Gasteiger charge is 2.24. The van der Waals surface area contributed by atoms with Gasteiger partial charge in [-0.15, -0.1) is 0 Å². The molecule has 2 heterocycles. The van der Waals surface area contributed by atoms with Crippen molar-refractivity contribution in [3.8, 4) is 0 Å². The molecule has 130 valence electrons. The second kappa shape index (κ2) is 7.34. The van der Waals surface area contributed by atoms with E-state index in [2.05, 4.69) is 29.0 Å². The first kappa shape index (κ1) is 17.8. The number of carbonyl (C=O) groups excluding carboxylic acids is 1.